The summed E-state index contributed by atoms with van der Waals surface area (Å²) in [6, 6.07) is 6.29. The van der Waals surface area contributed by atoms with Gasteiger partial charge >= 0.3 is 0 Å². The molecule has 3 rings (SSSR count). The van der Waals surface area contributed by atoms with Crippen LogP contribution >= 0.6 is 24.0 Å². The van der Waals surface area contributed by atoms with Crippen LogP contribution in [0.2, 0.25) is 0 Å². The van der Waals surface area contributed by atoms with Crippen LogP contribution in [0.5, 0.6) is 0 Å². The second-order valence-electron chi connectivity index (χ2n) is 6.12. The first-order valence-corrected chi connectivity index (χ1v) is 8.90. The highest BCUT2D eigenvalue weighted by molar-refractivity contribution is 14.0. The van der Waals surface area contributed by atoms with Crippen molar-refractivity contribution in [3.05, 3.63) is 30.2 Å². The first kappa shape index (κ1) is 20.8. The molecule has 0 radical (unpaired) electrons. The van der Waals surface area contributed by atoms with Crippen molar-refractivity contribution < 1.29 is 4.74 Å². The molecule has 2 aromatic heterocycles. The van der Waals surface area contributed by atoms with Gasteiger partial charge in [-0.05, 0) is 26.0 Å². The zero-order valence-corrected chi connectivity index (χ0v) is 17.7. The lowest BCUT2D eigenvalue weighted by atomic mass is 10.2. The van der Waals surface area contributed by atoms with Crippen LogP contribution in [0.3, 0.4) is 0 Å². The van der Waals surface area contributed by atoms with Crippen LogP contribution < -0.4 is 10.6 Å². The molecule has 9 heteroatoms. The first-order chi connectivity index (χ1) is 12.3. The van der Waals surface area contributed by atoms with E-state index in [1.54, 1.807) is 0 Å². The minimum absolute atomic E-state index is 0. The highest BCUT2D eigenvalue weighted by atomic mass is 127. The molecule has 0 amide bonds. The van der Waals surface area contributed by atoms with Crippen molar-refractivity contribution in [1.29, 1.82) is 0 Å². The minimum Gasteiger partial charge on any atom is -0.379 e. The van der Waals surface area contributed by atoms with Gasteiger partial charge in [-0.25, -0.2) is 4.99 Å². The smallest absolute Gasteiger partial charge is 0.191 e. The van der Waals surface area contributed by atoms with Crippen molar-refractivity contribution in [3.8, 4) is 0 Å². The molecule has 1 aliphatic heterocycles. The van der Waals surface area contributed by atoms with Crippen molar-refractivity contribution in [1.82, 2.24) is 30.1 Å². The summed E-state index contributed by atoms with van der Waals surface area (Å²) in [5.41, 5.74) is 0.839. The molecule has 0 bridgehead atoms. The van der Waals surface area contributed by atoms with Crippen LogP contribution in [0.15, 0.2) is 29.4 Å². The monoisotopic (exact) mass is 473 g/mol. The summed E-state index contributed by atoms with van der Waals surface area (Å²) < 4.78 is 7.38. The van der Waals surface area contributed by atoms with Crippen molar-refractivity contribution in [3.63, 3.8) is 0 Å². The Hall–Kier alpha value is -1.46. The zero-order valence-electron chi connectivity index (χ0n) is 15.4. The molecule has 0 aromatic carbocycles. The van der Waals surface area contributed by atoms with Gasteiger partial charge in [0, 0.05) is 38.4 Å². The Bertz CT molecular complexity index is 699. The van der Waals surface area contributed by atoms with E-state index < -0.39 is 0 Å². The number of guanidine groups is 1. The average Bonchev–Trinajstić information content (AvgIpc) is 3.07. The third-order valence-electron chi connectivity index (χ3n) is 4.34. The molecular weight excluding hydrogens is 445 g/mol. The maximum Gasteiger partial charge on any atom is 0.191 e. The fourth-order valence-corrected chi connectivity index (χ4v) is 2.88. The Kier molecular flexibility index (Phi) is 8.52. The van der Waals surface area contributed by atoms with E-state index in [-0.39, 0.29) is 24.0 Å². The quantitative estimate of drug-likeness (QED) is 0.372. The largest absolute Gasteiger partial charge is 0.379 e. The van der Waals surface area contributed by atoms with Gasteiger partial charge in [-0.3, -0.25) is 9.30 Å². The second kappa shape index (κ2) is 10.6. The van der Waals surface area contributed by atoms with Gasteiger partial charge in [-0.1, -0.05) is 6.07 Å². The molecule has 8 nitrogen and oxygen atoms in total. The number of morpholine rings is 1. The van der Waals surface area contributed by atoms with E-state index in [1.165, 1.54) is 0 Å². The predicted molar refractivity (Wildman–Crippen MR) is 113 cm³/mol. The molecule has 1 aliphatic rings. The van der Waals surface area contributed by atoms with E-state index in [1.807, 2.05) is 28.8 Å². The summed E-state index contributed by atoms with van der Waals surface area (Å²) in [5, 5.41) is 15.1. The Morgan fingerprint density at radius 3 is 2.85 bits per heavy atom. The maximum atomic E-state index is 5.42. The van der Waals surface area contributed by atoms with E-state index in [0.717, 1.165) is 56.8 Å². The van der Waals surface area contributed by atoms with Gasteiger partial charge in [0.05, 0.1) is 13.2 Å². The van der Waals surface area contributed by atoms with Gasteiger partial charge in [0.2, 0.25) is 0 Å². The standard InChI is InChI=1S/C17H27N7O.HI/c1-3-18-17(19-12-14(2)23-8-10-25-11-9-23)20-13-16-22-21-15-6-4-5-7-24(15)16;/h4-7,14H,3,8-13H2,1-2H3,(H2,18,19,20);1H. The van der Waals surface area contributed by atoms with Gasteiger partial charge in [-0.2, -0.15) is 0 Å². The van der Waals surface area contributed by atoms with Gasteiger partial charge in [0.25, 0.3) is 0 Å². The molecule has 1 saturated heterocycles. The Morgan fingerprint density at radius 2 is 2.08 bits per heavy atom. The molecule has 2 N–H and O–H groups in total. The highest BCUT2D eigenvalue weighted by Gasteiger charge is 2.17. The number of fused-ring (bicyclic) bond motifs is 1. The van der Waals surface area contributed by atoms with E-state index in [9.17, 15) is 0 Å². The maximum absolute atomic E-state index is 5.42. The summed E-state index contributed by atoms with van der Waals surface area (Å²) in [5.74, 6) is 1.63. The number of nitrogens with zero attached hydrogens (tertiary/aromatic N) is 5. The molecule has 144 valence electrons. The van der Waals surface area contributed by atoms with Crippen molar-refractivity contribution in [2.24, 2.45) is 4.99 Å². The van der Waals surface area contributed by atoms with E-state index >= 15 is 0 Å². The molecule has 2 aromatic rings. The Balaban J connectivity index is 0.00000243. The second-order valence-corrected chi connectivity index (χ2v) is 6.12. The van der Waals surface area contributed by atoms with Gasteiger partial charge in [-0.15, -0.1) is 34.2 Å². The molecule has 3 heterocycles. The average molecular weight is 473 g/mol. The van der Waals surface area contributed by atoms with Crippen LogP contribution in [0.25, 0.3) is 5.65 Å². The van der Waals surface area contributed by atoms with E-state index in [4.69, 9.17) is 4.74 Å². The zero-order chi connectivity index (χ0) is 17.5. The van der Waals surface area contributed by atoms with Gasteiger partial charge in [0.1, 0.15) is 6.54 Å². The Labute approximate surface area is 171 Å². The number of hydrogen-bond donors (Lipinski definition) is 2. The predicted octanol–water partition coefficient (Wildman–Crippen LogP) is 1.12. The van der Waals surface area contributed by atoms with Gasteiger partial charge < -0.3 is 15.4 Å². The number of hydrogen-bond acceptors (Lipinski definition) is 5. The summed E-state index contributed by atoms with van der Waals surface area (Å²) in [4.78, 5) is 7.09. The van der Waals surface area contributed by atoms with Crippen LogP contribution in [-0.4, -0.2) is 70.9 Å². The van der Waals surface area contributed by atoms with E-state index in [0.29, 0.717) is 12.6 Å². The summed E-state index contributed by atoms with van der Waals surface area (Å²) in [6.07, 6.45) is 1.96. The molecular formula is C17H28IN7O. The molecule has 0 spiro atoms. The van der Waals surface area contributed by atoms with Crippen molar-refractivity contribution in [2.45, 2.75) is 26.4 Å². The van der Waals surface area contributed by atoms with Crippen molar-refractivity contribution >= 4 is 35.6 Å². The minimum atomic E-state index is 0. The van der Waals surface area contributed by atoms with Crippen LogP contribution in [-0.2, 0) is 11.3 Å². The number of aromatic nitrogens is 3. The highest BCUT2D eigenvalue weighted by Crippen LogP contribution is 2.04. The first-order valence-electron chi connectivity index (χ1n) is 8.90. The van der Waals surface area contributed by atoms with Crippen LogP contribution in [0, 0.1) is 0 Å². The lowest BCUT2D eigenvalue weighted by Gasteiger charge is -2.32. The normalized spacial score (nSPS) is 16.9. The third kappa shape index (κ3) is 5.52. The lowest BCUT2D eigenvalue weighted by molar-refractivity contribution is 0.0211. The molecule has 0 saturated carbocycles. The summed E-state index contributed by atoms with van der Waals surface area (Å²) >= 11 is 0. The van der Waals surface area contributed by atoms with Crippen molar-refractivity contribution in [2.75, 3.05) is 39.4 Å². The Morgan fingerprint density at radius 1 is 1.27 bits per heavy atom. The van der Waals surface area contributed by atoms with E-state index in [2.05, 4.69) is 44.6 Å². The fraction of sp³-hybridized carbons (Fsp3) is 0.588. The van der Waals surface area contributed by atoms with Crippen LogP contribution in [0.1, 0.15) is 19.7 Å². The molecule has 1 fully saturated rings. The van der Waals surface area contributed by atoms with Gasteiger partial charge in [0.15, 0.2) is 17.4 Å². The number of rotatable bonds is 6. The number of pyridine rings is 1. The number of halogens is 1. The molecule has 0 aliphatic carbocycles. The lowest BCUT2D eigenvalue weighted by Crippen LogP contribution is -2.49. The number of ether oxygens (including phenoxy) is 1. The van der Waals surface area contributed by atoms with Crippen LogP contribution in [0.4, 0.5) is 0 Å². The SMILES string of the molecule is CCNC(=NCc1nnc2ccccn12)NCC(C)N1CCOCC1.I. The number of aliphatic imine (C=N–C) groups is 1. The fourth-order valence-electron chi connectivity index (χ4n) is 2.88. The summed E-state index contributed by atoms with van der Waals surface area (Å²) in [6.45, 7) is 10.0. The number of nitrogens with one attached hydrogen (secondary N) is 2. The molecule has 1 atom stereocenters. The third-order valence-corrected chi connectivity index (χ3v) is 4.34. The molecule has 1 unspecified atom stereocenters. The summed E-state index contributed by atoms with van der Waals surface area (Å²) in [7, 11) is 0. The molecule has 26 heavy (non-hydrogen) atoms. The topological polar surface area (TPSA) is 79.1 Å².